The third-order valence-electron chi connectivity index (χ3n) is 1.77. The summed E-state index contributed by atoms with van der Waals surface area (Å²) in [6.45, 7) is 0.258. The fourth-order valence-corrected chi connectivity index (χ4v) is 1.12. The van der Waals surface area contributed by atoms with Crippen LogP contribution in [0.25, 0.3) is 0 Å². The second kappa shape index (κ2) is 3.60. The molecule has 0 bridgehead atoms. The molecule has 0 aliphatic heterocycles. The Labute approximate surface area is 84.2 Å². The Kier molecular flexibility index (Phi) is 2.14. The second-order valence-electron chi connectivity index (χ2n) is 2.64. The summed E-state index contributed by atoms with van der Waals surface area (Å²) in [5, 5.41) is 21.1. The minimum Gasteiger partial charge on any atom is -0.343 e. The largest absolute Gasteiger partial charge is 0.343 e. The van der Waals surface area contributed by atoms with E-state index in [0.717, 1.165) is 0 Å². The molecular formula is C8H4N6O. The van der Waals surface area contributed by atoms with Crippen molar-refractivity contribution in [3.63, 3.8) is 0 Å². The summed E-state index contributed by atoms with van der Waals surface area (Å²) < 4.78 is 6.04. The van der Waals surface area contributed by atoms with E-state index in [0.29, 0.717) is 5.82 Å². The fourth-order valence-electron chi connectivity index (χ4n) is 1.12. The molecule has 2 aromatic rings. The number of aromatic nitrogens is 4. The molecule has 0 saturated heterocycles. The Morgan fingerprint density at radius 3 is 2.80 bits per heavy atom. The number of hydrogen-bond donors (Lipinski definition) is 0. The van der Waals surface area contributed by atoms with E-state index < -0.39 is 0 Å². The van der Waals surface area contributed by atoms with E-state index in [1.807, 2.05) is 12.1 Å². The van der Waals surface area contributed by atoms with Crippen molar-refractivity contribution in [2.24, 2.45) is 0 Å². The minimum atomic E-state index is 0.0981. The van der Waals surface area contributed by atoms with Crippen molar-refractivity contribution in [3.05, 3.63) is 29.9 Å². The van der Waals surface area contributed by atoms with E-state index in [1.165, 1.54) is 17.3 Å². The predicted molar refractivity (Wildman–Crippen MR) is 45.1 cm³/mol. The third kappa shape index (κ3) is 1.54. The molecule has 0 radical (unpaired) electrons. The van der Waals surface area contributed by atoms with Gasteiger partial charge in [-0.15, -0.1) is 0 Å². The quantitative estimate of drug-likeness (QED) is 0.678. The SMILES string of the molecule is N#Cc1ncn(Cc2ncon2)c1C#N. The zero-order chi connectivity index (χ0) is 10.7. The van der Waals surface area contributed by atoms with E-state index in [2.05, 4.69) is 19.6 Å². The van der Waals surface area contributed by atoms with Gasteiger partial charge in [-0.3, -0.25) is 0 Å². The third-order valence-corrected chi connectivity index (χ3v) is 1.77. The van der Waals surface area contributed by atoms with Gasteiger partial charge in [0.15, 0.2) is 17.2 Å². The van der Waals surface area contributed by atoms with E-state index in [-0.39, 0.29) is 17.9 Å². The zero-order valence-electron chi connectivity index (χ0n) is 7.45. The maximum atomic E-state index is 8.82. The molecule has 2 rings (SSSR count). The van der Waals surface area contributed by atoms with Crippen LogP contribution in [-0.4, -0.2) is 19.7 Å². The van der Waals surface area contributed by atoms with Crippen LogP contribution in [0.1, 0.15) is 17.2 Å². The highest BCUT2D eigenvalue weighted by Crippen LogP contribution is 2.06. The molecule has 0 aliphatic rings. The van der Waals surface area contributed by atoms with Gasteiger partial charge in [0.2, 0.25) is 6.39 Å². The molecule has 0 atom stereocenters. The lowest BCUT2D eigenvalue weighted by Crippen LogP contribution is -2.02. The van der Waals surface area contributed by atoms with Gasteiger partial charge < -0.3 is 9.09 Å². The monoisotopic (exact) mass is 200 g/mol. The van der Waals surface area contributed by atoms with Crippen LogP contribution in [-0.2, 0) is 6.54 Å². The standard InChI is InChI=1S/C8H4N6O/c9-1-6-7(2-10)14(4-11-6)3-8-12-5-15-13-8/h4-5H,3H2. The first-order valence-electron chi connectivity index (χ1n) is 3.95. The van der Waals surface area contributed by atoms with Crippen LogP contribution in [0.4, 0.5) is 0 Å². The average molecular weight is 200 g/mol. The van der Waals surface area contributed by atoms with Crippen molar-refractivity contribution in [1.82, 2.24) is 19.7 Å². The molecule has 0 N–H and O–H groups in total. The molecule has 0 saturated carbocycles. The van der Waals surface area contributed by atoms with E-state index in [1.54, 1.807) is 0 Å². The predicted octanol–water partition coefficient (Wildman–Crippen LogP) is 0.0578. The van der Waals surface area contributed by atoms with E-state index in [4.69, 9.17) is 10.5 Å². The van der Waals surface area contributed by atoms with Crippen molar-refractivity contribution in [3.8, 4) is 12.1 Å². The van der Waals surface area contributed by atoms with Crippen molar-refractivity contribution in [2.75, 3.05) is 0 Å². The van der Waals surface area contributed by atoms with Crippen molar-refractivity contribution in [2.45, 2.75) is 6.54 Å². The van der Waals surface area contributed by atoms with Crippen LogP contribution in [0.5, 0.6) is 0 Å². The Hall–Kier alpha value is -2.67. The van der Waals surface area contributed by atoms with Crippen LogP contribution in [0, 0.1) is 22.7 Å². The lowest BCUT2D eigenvalue weighted by atomic mass is 10.3. The van der Waals surface area contributed by atoms with Crippen molar-refractivity contribution >= 4 is 0 Å². The topological polar surface area (TPSA) is 104 Å². The molecule has 7 heteroatoms. The molecular weight excluding hydrogens is 196 g/mol. The maximum absolute atomic E-state index is 8.82. The van der Waals surface area contributed by atoms with Gasteiger partial charge in [0, 0.05) is 0 Å². The van der Waals surface area contributed by atoms with Crippen LogP contribution >= 0.6 is 0 Å². The van der Waals surface area contributed by atoms with Gasteiger partial charge in [-0.25, -0.2) is 4.98 Å². The summed E-state index contributed by atoms with van der Waals surface area (Å²) in [6, 6.07) is 3.73. The Morgan fingerprint density at radius 2 is 2.20 bits per heavy atom. The summed E-state index contributed by atoms with van der Waals surface area (Å²) >= 11 is 0. The lowest BCUT2D eigenvalue weighted by molar-refractivity contribution is 0.408. The molecule has 0 spiro atoms. The summed E-state index contributed by atoms with van der Waals surface area (Å²) in [4.78, 5) is 7.58. The van der Waals surface area contributed by atoms with Gasteiger partial charge in [-0.05, 0) is 0 Å². The highest BCUT2D eigenvalue weighted by molar-refractivity contribution is 5.36. The first-order chi connectivity index (χ1) is 7.35. The van der Waals surface area contributed by atoms with Crippen LogP contribution in [0.2, 0.25) is 0 Å². The molecule has 0 aromatic carbocycles. The Morgan fingerprint density at radius 1 is 1.33 bits per heavy atom. The lowest BCUT2D eigenvalue weighted by Gasteiger charge is -1.97. The van der Waals surface area contributed by atoms with Gasteiger partial charge in [-0.2, -0.15) is 15.5 Å². The van der Waals surface area contributed by atoms with Crippen molar-refractivity contribution in [1.29, 1.82) is 10.5 Å². The van der Waals surface area contributed by atoms with Gasteiger partial charge in [0.05, 0.1) is 12.9 Å². The maximum Gasteiger partial charge on any atom is 0.213 e. The summed E-state index contributed by atoms with van der Waals surface area (Å²) in [6.07, 6.45) is 2.59. The minimum absolute atomic E-state index is 0.0981. The number of nitrogens with zero attached hydrogens (tertiary/aromatic N) is 6. The van der Waals surface area contributed by atoms with Crippen molar-refractivity contribution < 1.29 is 4.52 Å². The molecule has 0 unspecified atom stereocenters. The molecule has 0 aliphatic carbocycles. The fraction of sp³-hybridized carbons (Fsp3) is 0.125. The van der Waals surface area contributed by atoms with Gasteiger partial charge >= 0.3 is 0 Å². The smallest absolute Gasteiger partial charge is 0.213 e. The molecule has 0 fully saturated rings. The second-order valence-corrected chi connectivity index (χ2v) is 2.64. The average Bonchev–Trinajstić information content (AvgIpc) is 2.87. The number of nitriles is 2. The summed E-state index contributed by atoms with van der Waals surface area (Å²) in [7, 11) is 0. The Bertz CT molecular complexity index is 541. The molecule has 2 heterocycles. The highest BCUT2D eigenvalue weighted by atomic mass is 16.5. The molecule has 0 amide bonds. The number of imidazole rings is 1. The first kappa shape index (κ1) is 8.91. The van der Waals surface area contributed by atoms with Crippen LogP contribution < -0.4 is 0 Å². The normalized spacial score (nSPS) is 9.47. The number of hydrogen-bond acceptors (Lipinski definition) is 6. The highest BCUT2D eigenvalue weighted by Gasteiger charge is 2.11. The van der Waals surface area contributed by atoms with E-state index >= 15 is 0 Å². The summed E-state index contributed by atoms with van der Waals surface area (Å²) in [5.41, 5.74) is 0.295. The van der Waals surface area contributed by atoms with Gasteiger partial charge in [0.25, 0.3) is 0 Å². The van der Waals surface area contributed by atoms with Crippen LogP contribution in [0.15, 0.2) is 17.2 Å². The van der Waals surface area contributed by atoms with Crippen LogP contribution in [0.3, 0.4) is 0 Å². The van der Waals surface area contributed by atoms with E-state index in [9.17, 15) is 0 Å². The first-order valence-corrected chi connectivity index (χ1v) is 3.95. The Balaban J connectivity index is 2.35. The molecule has 2 aromatic heterocycles. The number of rotatable bonds is 2. The zero-order valence-corrected chi connectivity index (χ0v) is 7.45. The van der Waals surface area contributed by atoms with Gasteiger partial charge in [0.1, 0.15) is 12.1 Å². The molecule has 72 valence electrons. The summed E-state index contributed by atoms with van der Waals surface area (Å²) in [5.74, 6) is 0.424. The van der Waals surface area contributed by atoms with Gasteiger partial charge in [-0.1, -0.05) is 5.16 Å². The molecule has 15 heavy (non-hydrogen) atoms. The molecule has 7 nitrogen and oxygen atoms in total.